The van der Waals surface area contributed by atoms with E-state index < -0.39 is 4.92 Å². The molecule has 0 bridgehead atoms. The minimum absolute atomic E-state index is 0.0137. The zero-order valence-corrected chi connectivity index (χ0v) is 13.4. The zero-order valence-electron chi connectivity index (χ0n) is 11.0. The van der Waals surface area contributed by atoms with Crippen LogP contribution in [0.25, 0.3) is 10.2 Å². The Hall–Kier alpha value is -1.99. The molecule has 5 nitrogen and oxygen atoms in total. The van der Waals surface area contributed by atoms with Gasteiger partial charge in [-0.2, -0.15) is 0 Å². The Kier molecular flexibility index (Phi) is 3.60. The molecule has 0 amide bonds. The Labute approximate surface area is 132 Å². The fraction of sp³-hybridized carbons (Fsp3) is 0.0714. The number of fused-ring (bicyclic) bond motifs is 1. The predicted octanol–water partition coefficient (Wildman–Crippen LogP) is 5.02. The molecule has 106 valence electrons. The van der Waals surface area contributed by atoms with Crippen LogP contribution in [0.3, 0.4) is 0 Å². The molecule has 0 unspecified atom stereocenters. The van der Waals surface area contributed by atoms with E-state index in [1.54, 1.807) is 12.1 Å². The quantitative estimate of drug-likeness (QED) is 0.523. The number of nitrogens with one attached hydrogen (secondary N) is 1. The topological polar surface area (TPSA) is 68.1 Å². The highest BCUT2D eigenvalue weighted by atomic mass is 79.9. The number of halogens is 1. The van der Waals surface area contributed by atoms with Crippen LogP contribution in [0.4, 0.5) is 16.5 Å². The molecule has 1 aromatic heterocycles. The van der Waals surface area contributed by atoms with Crippen LogP contribution >= 0.6 is 27.3 Å². The molecule has 1 N–H and O–H groups in total. The fourth-order valence-electron chi connectivity index (χ4n) is 1.96. The van der Waals surface area contributed by atoms with E-state index in [1.165, 1.54) is 17.4 Å². The van der Waals surface area contributed by atoms with Crippen molar-refractivity contribution in [2.24, 2.45) is 0 Å². The van der Waals surface area contributed by atoms with E-state index in [9.17, 15) is 10.1 Å². The van der Waals surface area contributed by atoms with Crippen molar-refractivity contribution in [3.8, 4) is 0 Å². The molecule has 0 fully saturated rings. The van der Waals surface area contributed by atoms with Crippen LogP contribution in [-0.4, -0.2) is 9.91 Å². The zero-order chi connectivity index (χ0) is 15.0. The number of nitro groups is 1. The molecule has 2 aromatic carbocycles. The maximum atomic E-state index is 11.1. The second-order valence-corrected chi connectivity index (χ2v) is 6.48. The number of rotatable bonds is 3. The van der Waals surface area contributed by atoms with Gasteiger partial charge in [-0.15, -0.1) is 0 Å². The molecule has 0 radical (unpaired) electrons. The van der Waals surface area contributed by atoms with Gasteiger partial charge < -0.3 is 5.32 Å². The highest BCUT2D eigenvalue weighted by Crippen LogP contribution is 2.34. The van der Waals surface area contributed by atoms with Crippen molar-refractivity contribution in [3.05, 3.63) is 56.5 Å². The van der Waals surface area contributed by atoms with Crippen LogP contribution in [-0.2, 0) is 0 Å². The first-order chi connectivity index (χ1) is 10.0. The first-order valence-corrected chi connectivity index (χ1v) is 7.72. The van der Waals surface area contributed by atoms with E-state index in [2.05, 4.69) is 26.2 Å². The molecule has 0 aliphatic carbocycles. The minimum atomic E-state index is -0.412. The highest BCUT2D eigenvalue weighted by Gasteiger charge is 2.15. The Morgan fingerprint density at radius 3 is 2.86 bits per heavy atom. The van der Waals surface area contributed by atoms with Gasteiger partial charge in [-0.25, -0.2) is 4.98 Å². The van der Waals surface area contributed by atoms with E-state index in [1.807, 2.05) is 25.1 Å². The van der Waals surface area contributed by atoms with Gasteiger partial charge in [-0.1, -0.05) is 33.3 Å². The summed E-state index contributed by atoms with van der Waals surface area (Å²) in [6, 6.07) is 10.9. The van der Waals surface area contributed by atoms with Crippen LogP contribution < -0.4 is 5.32 Å². The van der Waals surface area contributed by atoms with Crippen molar-refractivity contribution in [3.63, 3.8) is 0 Å². The molecule has 0 aliphatic rings. The third-order valence-corrected chi connectivity index (χ3v) is 4.37. The van der Waals surface area contributed by atoms with Crippen LogP contribution in [0, 0.1) is 17.0 Å². The molecular formula is C14H10BrN3O2S. The first kappa shape index (κ1) is 14.0. The first-order valence-electron chi connectivity index (χ1n) is 6.11. The number of anilines is 2. The molecule has 7 heteroatoms. The Balaban J connectivity index is 2.00. The van der Waals surface area contributed by atoms with E-state index in [0.717, 1.165) is 15.8 Å². The monoisotopic (exact) mass is 363 g/mol. The lowest BCUT2D eigenvalue weighted by Gasteiger charge is -2.03. The van der Waals surface area contributed by atoms with Crippen molar-refractivity contribution in [1.29, 1.82) is 0 Å². The van der Waals surface area contributed by atoms with Gasteiger partial charge in [0.25, 0.3) is 5.69 Å². The van der Waals surface area contributed by atoms with Crippen molar-refractivity contribution < 1.29 is 4.92 Å². The summed E-state index contributed by atoms with van der Waals surface area (Å²) in [6.07, 6.45) is 0. The summed E-state index contributed by atoms with van der Waals surface area (Å²) in [5.41, 5.74) is 2.49. The molecule has 3 rings (SSSR count). The summed E-state index contributed by atoms with van der Waals surface area (Å²) in [5.74, 6) is 0. The Bertz CT molecular complexity index is 847. The maximum absolute atomic E-state index is 11.1. The molecule has 21 heavy (non-hydrogen) atoms. The Morgan fingerprint density at radius 2 is 2.10 bits per heavy atom. The molecule has 0 saturated carbocycles. The summed E-state index contributed by atoms with van der Waals surface area (Å²) >= 11 is 4.72. The summed E-state index contributed by atoms with van der Waals surface area (Å²) in [5, 5.41) is 14.8. The summed E-state index contributed by atoms with van der Waals surface area (Å²) in [4.78, 5) is 15.1. The number of aromatic nitrogens is 1. The van der Waals surface area contributed by atoms with Crippen LogP contribution in [0.5, 0.6) is 0 Å². The number of nitro benzene ring substituents is 1. The normalized spacial score (nSPS) is 10.8. The lowest BCUT2D eigenvalue weighted by molar-refractivity contribution is -0.384. The molecular weight excluding hydrogens is 354 g/mol. The van der Waals surface area contributed by atoms with Crippen LogP contribution in [0.1, 0.15) is 5.56 Å². The minimum Gasteiger partial charge on any atom is -0.326 e. The van der Waals surface area contributed by atoms with E-state index >= 15 is 0 Å². The van der Waals surface area contributed by atoms with Gasteiger partial charge in [-0.05, 0) is 36.8 Å². The summed E-state index contributed by atoms with van der Waals surface area (Å²) in [7, 11) is 0. The Morgan fingerprint density at radius 1 is 1.29 bits per heavy atom. The van der Waals surface area contributed by atoms with E-state index in [4.69, 9.17) is 0 Å². The van der Waals surface area contributed by atoms with Gasteiger partial charge in [0.05, 0.1) is 15.1 Å². The van der Waals surface area contributed by atoms with Crippen molar-refractivity contribution in [2.45, 2.75) is 6.92 Å². The molecule has 0 atom stereocenters. The molecule has 0 saturated heterocycles. The molecule has 3 aromatic rings. The average Bonchev–Trinajstić information content (AvgIpc) is 2.82. The number of hydrogen-bond acceptors (Lipinski definition) is 5. The van der Waals surface area contributed by atoms with Crippen molar-refractivity contribution in [2.75, 3.05) is 5.32 Å². The SMILES string of the molecule is Cc1ccc2nc(Nc3ccc(Br)cc3[N+](=O)[O-])sc2c1. The smallest absolute Gasteiger partial charge is 0.293 e. The van der Waals surface area contributed by atoms with Gasteiger partial charge in [-0.3, -0.25) is 10.1 Å². The number of aryl methyl sites for hydroxylation is 1. The second-order valence-electron chi connectivity index (χ2n) is 4.53. The summed E-state index contributed by atoms with van der Waals surface area (Å²) < 4.78 is 1.72. The van der Waals surface area contributed by atoms with Gasteiger partial charge in [0.2, 0.25) is 0 Å². The number of hydrogen-bond donors (Lipinski definition) is 1. The fourth-order valence-corrected chi connectivity index (χ4v) is 3.29. The largest absolute Gasteiger partial charge is 0.326 e. The standard InChI is InChI=1S/C14H10BrN3O2S/c1-8-2-4-11-13(6-8)21-14(17-11)16-10-5-3-9(15)7-12(10)18(19)20/h2-7H,1H3,(H,16,17). The van der Waals surface area contributed by atoms with Crippen molar-refractivity contribution >= 4 is 54.0 Å². The van der Waals surface area contributed by atoms with Gasteiger partial charge >= 0.3 is 0 Å². The van der Waals surface area contributed by atoms with E-state index in [-0.39, 0.29) is 5.69 Å². The third kappa shape index (κ3) is 2.88. The predicted molar refractivity (Wildman–Crippen MR) is 88.4 cm³/mol. The van der Waals surface area contributed by atoms with Gasteiger partial charge in [0.1, 0.15) is 5.69 Å². The highest BCUT2D eigenvalue weighted by molar-refractivity contribution is 9.10. The summed E-state index contributed by atoms with van der Waals surface area (Å²) in [6.45, 7) is 2.02. The van der Waals surface area contributed by atoms with Crippen molar-refractivity contribution in [1.82, 2.24) is 4.98 Å². The van der Waals surface area contributed by atoms with Gasteiger partial charge in [0, 0.05) is 10.5 Å². The van der Waals surface area contributed by atoms with Crippen LogP contribution in [0.2, 0.25) is 0 Å². The molecule has 1 heterocycles. The third-order valence-electron chi connectivity index (χ3n) is 2.94. The number of thiazole rings is 1. The molecule has 0 aliphatic heterocycles. The number of nitrogens with zero attached hydrogens (tertiary/aromatic N) is 2. The lowest BCUT2D eigenvalue weighted by atomic mass is 10.2. The van der Waals surface area contributed by atoms with Crippen LogP contribution in [0.15, 0.2) is 40.9 Å². The lowest BCUT2D eigenvalue weighted by Crippen LogP contribution is -1.96. The number of benzene rings is 2. The second kappa shape index (κ2) is 5.42. The molecule has 0 spiro atoms. The van der Waals surface area contributed by atoms with Gasteiger partial charge in [0.15, 0.2) is 5.13 Å². The van der Waals surface area contributed by atoms with E-state index in [0.29, 0.717) is 15.3 Å². The maximum Gasteiger partial charge on any atom is 0.293 e. The average molecular weight is 364 g/mol.